The van der Waals surface area contributed by atoms with Crippen molar-refractivity contribution in [1.82, 2.24) is 4.98 Å². The zero-order valence-electron chi connectivity index (χ0n) is 5.55. The first kappa shape index (κ1) is 8.50. The quantitative estimate of drug-likeness (QED) is 0.528. The molecule has 0 atom stereocenters. The molecule has 1 rings (SSSR count). The molecule has 0 saturated heterocycles. The van der Waals surface area contributed by atoms with Crippen LogP contribution in [0.25, 0.3) is 0 Å². The molecule has 0 radical (unpaired) electrons. The average Bonchev–Trinajstić information content (AvgIpc) is 1.85. The smallest absolute Gasteiger partial charge is 0.131 e. The summed E-state index contributed by atoms with van der Waals surface area (Å²) in [5, 5.41) is 0.628. The maximum Gasteiger partial charge on any atom is 0.131 e. The van der Waals surface area contributed by atoms with Crippen LogP contribution in [0.2, 0.25) is 10.3 Å². The van der Waals surface area contributed by atoms with Gasteiger partial charge in [-0.3, -0.25) is 0 Å². The summed E-state index contributed by atoms with van der Waals surface area (Å²) in [6, 6.07) is 3.23. The molecule has 11 heavy (non-hydrogen) atoms. The van der Waals surface area contributed by atoms with Crippen LogP contribution in [-0.4, -0.2) is 11.3 Å². The first-order chi connectivity index (χ1) is 5.22. The number of aldehydes is 1. The van der Waals surface area contributed by atoms with Gasteiger partial charge in [-0.25, -0.2) is 4.98 Å². The van der Waals surface area contributed by atoms with E-state index in [1.807, 2.05) is 0 Å². The van der Waals surface area contributed by atoms with Gasteiger partial charge in [0.15, 0.2) is 0 Å². The summed E-state index contributed by atoms with van der Waals surface area (Å²) in [6.07, 6.45) is 1.12. The number of rotatable bonds is 2. The predicted octanol–water partition coefficient (Wildman–Crippen LogP) is 2.13. The third-order valence-corrected chi connectivity index (χ3v) is 1.53. The summed E-state index contributed by atoms with van der Waals surface area (Å²) < 4.78 is 0. The lowest BCUT2D eigenvalue weighted by Crippen LogP contribution is -1.87. The molecule has 0 aliphatic rings. The Bertz CT molecular complexity index is 255. The number of aromatic nitrogens is 1. The second-order valence-corrected chi connectivity index (χ2v) is 2.77. The molecule has 1 aromatic heterocycles. The third-order valence-electron chi connectivity index (χ3n) is 1.14. The Morgan fingerprint density at radius 2 is 1.91 bits per heavy atom. The summed E-state index contributed by atoms with van der Waals surface area (Å²) in [5.74, 6) is 0. The number of nitrogens with zero attached hydrogens (tertiary/aromatic N) is 1. The number of carbonyl (C=O) groups is 1. The maximum absolute atomic E-state index is 10.1. The minimum atomic E-state index is 0.314. The first-order valence-electron chi connectivity index (χ1n) is 2.98. The van der Waals surface area contributed by atoms with E-state index in [1.54, 1.807) is 12.1 Å². The molecule has 0 spiro atoms. The predicted molar refractivity (Wildman–Crippen MR) is 44.0 cm³/mol. The Morgan fingerprint density at radius 3 is 2.36 bits per heavy atom. The van der Waals surface area contributed by atoms with E-state index in [0.717, 1.165) is 11.8 Å². The van der Waals surface area contributed by atoms with Crippen LogP contribution in [0.4, 0.5) is 0 Å². The molecule has 1 heterocycles. The van der Waals surface area contributed by atoms with Crippen molar-refractivity contribution < 1.29 is 4.79 Å². The van der Waals surface area contributed by atoms with Crippen molar-refractivity contribution in [3.8, 4) is 0 Å². The molecule has 4 heteroatoms. The van der Waals surface area contributed by atoms with Gasteiger partial charge in [-0.05, 0) is 17.7 Å². The highest BCUT2D eigenvalue weighted by Gasteiger charge is 1.97. The largest absolute Gasteiger partial charge is 0.303 e. The average molecular weight is 190 g/mol. The number of hydrogen-bond acceptors (Lipinski definition) is 2. The van der Waals surface area contributed by atoms with Crippen molar-refractivity contribution in [3.05, 3.63) is 28.0 Å². The lowest BCUT2D eigenvalue weighted by Gasteiger charge is -1.96. The van der Waals surface area contributed by atoms with Crippen molar-refractivity contribution in [2.45, 2.75) is 6.42 Å². The SMILES string of the molecule is O=CCc1cc(Cl)nc(Cl)c1. The van der Waals surface area contributed by atoms with E-state index in [-0.39, 0.29) is 0 Å². The lowest BCUT2D eigenvalue weighted by molar-refractivity contribution is -0.107. The van der Waals surface area contributed by atoms with Crippen LogP contribution in [0.5, 0.6) is 0 Å². The fourth-order valence-electron chi connectivity index (χ4n) is 0.728. The highest BCUT2D eigenvalue weighted by Crippen LogP contribution is 2.14. The summed E-state index contributed by atoms with van der Waals surface area (Å²) in [4.78, 5) is 13.8. The molecule has 0 aliphatic heterocycles. The van der Waals surface area contributed by atoms with Gasteiger partial charge in [0.05, 0.1) is 0 Å². The molecule has 2 nitrogen and oxygen atoms in total. The van der Waals surface area contributed by atoms with Gasteiger partial charge in [0.1, 0.15) is 16.6 Å². The molecule has 0 amide bonds. The van der Waals surface area contributed by atoms with Crippen LogP contribution in [0.1, 0.15) is 5.56 Å². The van der Waals surface area contributed by atoms with Crippen LogP contribution in [0.3, 0.4) is 0 Å². The molecule has 0 fully saturated rings. The fraction of sp³-hybridized carbons (Fsp3) is 0.143. The molecule has 0 saturated carbocycles. The molecular formula is C7H5Cl2NO. The number of carbonyl (C=O) groups excluding carboxylic acids is 1. The van der Waals surface area contributed by atoms with Crippen molar-refractivity contribution in [3.63, 3.8) is 0 Å². The van der Waals surface area contributed by atoms with Crippen LogP contribution >= 0.6 is 23.2 Å². The standard InChI is InChI=1S/C7H5Cl2NO/c8-6-3-5(1-2-11)4-7(9)10-6/h2-4H,1H2. The van der Waals surface area contributed by atoms with E-state index in [1.165, 1.54) is 0 Å². The molecule has 0 aliphatic carbocycles. The van der Waals surface area contributed by atoms with E-state index >= 15 is 0 Å². The Hall–Kier alpha value is -0.600. The molecule has 0 N–H and O–H groups in total. The zero-order valence-corrected chi connectivity index (χ0v) is 7.06. The monoisotopic (exact) mass is 189 g/mol. The topological polar surface area (TPSA) is 30.0 Å². The van der Waals surface area contributed by atoms with Crippen LogP contribution < -0.4 is 0 Å². The van der Waals surface area contributed by atoms with Gasteiger partial charge >= 0.3 is 0 Å². The van der Waals surface area contributed by atoms with E-state index in [4.69, 9.17) is 23.2 Å². The van der Waals surface area contributed by atoms with Crippen molar-refractivity contribution in [1.29, 1.82) is 0 Å². The normalized spacial score (nSPS) is 9.64. The van der Waals surface area contributed by atoms with E-state index < -0.39 is 0 Å². The summed E-state index contributed by atoms with van der Waals surface area (Å²) in [7, 11) is 0. The van der Waals surface area contributed by atoms with E-state index in [9.17, 15) is 4.79 Å². The third kappa shape index (κ3) is 2.48. The second kappa shape index (κ2) is 3.69. The molecule has 0 bridgehead atoms. The lowest BCUT2D eigenvalue weighted by atomic mass is 10.2. The Balaban J connectivity index is 2.98. The Morgan fingerprint density at radius 1 is 1.36 bits per heavy atom. The molecular weight excluding hydrogens is 185 g/mol. The van der Waals surface area contributed by atoms with E-state index in [2.05, 4.69) is 4.98 Å². The van der Waals surface area contributed by atoms with Crippen molar-refractivity contribution >= 4 is 29.5 Å². The van der Waals surface area contributed by atoms with Crippen LogP contribution in [-0.2, 0) is 11.2 Å². The van der Waals surface area contributed by atoms with Gasteiger partial charge in [-0.1, -0.05) is 23.2 Å². The minimum Gasteiger partial charge on any atom is -0.303 e. The second-order valence-electron chi connectivity index (χ2n) is 1.99. The van der Waals surface area contributed by atoms with Gasteiger partial charge in [-0.2, -0.15) is 0 Å². The summed E-state index contributed by atoms with van der Waals surface area (Å²) >= 11 is 11.1. The molecule has 0 aromatic carbocycles. The van der Waals surface area contributed by atoms with Crippen molar-refractivity contribution in [2.24, 2.45) is 0 Å². The highest BCUT2D eigenvalue weighted by atomic mass is 35.5. The van der Waals surface area contributed by atoms with Gasteiger partial charge < -0.3 is 4.79 Å². The summed E-state index contributed by atoms with van der Waals surface area (Å²) in [6.45, 7) is 0. The zero-order chi connectivity index (χ0) is 8.27. The first-order valence-corrected chi connectivity index (χ1v) is 3.73. The Kier molecular flexibility index (Phi) is 2.85. The van der Waals surface area contributed by atoms with Crippen LogP contribution in [0, 0.1) is 0 Å². The van der Waals surface area contributed by atoms with Gasteiger partial charge in [0.25, 0.3) is 0 Å². The number of hydrogen-bond donors (Lipinski definition) is 0. The Labute approximate surface area is 74.1 Å². The fourth-order valence-corrected chi connectivity index (χ4v) is 1.23. The molecule has 0 unspecified atom stereocenters. The van der Waals surface area contributed by atoms with Gasteiger partial charge in [0.2, 0.25) is 0 Å². The molecule has 58 valence electrons. The van der Waals surface area contributed by atoms with Crippen molar-refractivity contribution in [2.75, 3.05) is 0 Å². The van der Waals surface area contributed by atoms with Gasteiger partial charge in [-0.15, -0.1) is 0 Å². The maximum atomic E-state index is 10.1. The molecule has 1 aromatic rings. The highest BCUT2D eigenvalue weighted by molar-refractivity contribution is 6.32. The minimum absolute atomic E-state index is 0.314. The number of pyridine rings is 1. The number of halogens is 2. The van der Waals surface area contributed by atoms with Gasteiger partial charge in [0, 0.05) is 6.42 Å². The van der Waals surface area contributed by atoms with E-state index in [0.29, 0.717) is 16.7 Å². The summed E-state index contributed by atoms with van der Waals surface area (Å²) in [5.41, 5.74) is 0.782. The van der Waals surface area contributed by atoms with Crippen LogP contribution in [0.15, 0.2) is 12.1 Å².